The molecule has 0 fully saturated rings. The van der Waals surface area contributed by atoms with Gasteiger partial charge in [0.05, 0.1) is 0 Å². The van der Waals surface area contributed by atoms with Crippen LogP contribution in [-0.2, 0) is 0 Å². The maximum atomic E-state index is 5.60. The van der Waals surface area contributed by atoms with E-state index < -0.39 is 0 Å². The van der Waals surface area contributed by atoms with Crippen molar-refractivity contribution < 1.29 is 0 Å². The molecule has 0 saturated carbocycles. The SMILES string of the molecule is CC(Nc1cc(N)ncn1)c1ccc(Br)cc1. The molecule has 2 rings (SSSR count). The Hall–Kier alpha value is -1.62. The topological polar surface area (TPSA) is 63.8 Å². The van der Waals surface area contributed by atoms with E-state index in [0.29, 0.717) is 5.82 Å². The number of hydrogen-bond donors (Lipinski definition) is 2. The molecule has 3 N–H and O–H groups in total. The van der Waals surface area contributed by atoms with Crippen molar-refractivity contribution in [3.05, 3.63) is 46.7 Å². The quantitative estimate of drug-likeness (QED) is 0.913. The lowest BCUT2D eigenvalue weighted by Gasteiger charge is -2.14. The molecule has 0 aliphatic heterocycles. The van der Waals surface area contributed by atoms with E-state index in [1.54, 1.807) is 6.07 Å². The van der Waals surface area contributed by atoms with Crippen LogP contribution in [0.15, 0.2) is 41.1 Å². The van der Waals surface area contributed by atoms with E-state index in [0.717, 1.165) is 10.3 Å². The van der Waals surface area contributed by atoms with Gasteiger partial charge in [-0.3, -0.25) is 0 Å². The first-order valence-electron chi connectivity index (χ1n) is 5.24. The molecule has 0 radical (unpaired) electrons. The average Bonchev–Trinajstić information content (AvgIpc) is 2.29. The second-order valence-electron chi connectivity index (χ2n) is 3.75. The molecule has 1 aromatic carbocycles. The van der Waals surface area contributed by atoms with E-state index in [1.807, 2.05) is 12.1 Å². The van der Waals surface area contributed by atoms with Crippen molar-refractivity contribution in [2.24, 2.45) is 0 Å². The van der Waals surface area contributed by atoms with Gasteiger partial charge in [-0.1, -0.05) is 28.1 Å². The molecule has 1 atom stereocenters. The van der Waals surface area contributed by atoms with Crippen LogP contribution in [0.1, 0.15) is 18.5 Å². The van der Waals surface area contributed by atoms with Crippen LogP contribution >= 0.6 is 15.9 Å². The largest absolute Gasteiger partial charge is 0.384 e. The Kier molecular flexibility index (Phi) is 3.58. The third-order valence-corrected chi connectivity index (χ3v) is 2.95. The van der Waals surface area contributed by atoms with Crippen LogP contribution in [0.5, 0.6) is 0 Å². The number of rotatable bonds is 3. The van der Waals surface area contributed by atoms with Gasteiger partial charge < -0.3 is 11.1 Å². The molecular formula is C12H13BrN4. The normalized spacial score (nSPS) is 12.1. The minimum atomic E-state index is 0.164. The van der Waals surface area contributed by atoms with Crippen LogP contribution in [0.25, 0.3) is 0 Å². The number of halogens is 1. The maximum Gasteiger partial charge on any atom is 0.131 e. The van der Waals surface area contributed by atoms with Crippen molar-refractivity contribution in [1.29, 1.82) is 0 Å². The Morgan fingerprint density at radius 3 is 2.59 bits per heavy atom. The van der Waals surface area contributed by atoms with E-state index in [4.69, 9.17) is 5.73 Å². The minimum Gasteiger partial charge on any atom is -0.384 e. The Morgan fingerprint density at radius 1 is 1.24 bits per heavy atom. The highest BCUT2D eigenvalue weighted by Crippen LogP contribution is 2.20. The molecule has 2 aromatic rings. The third-order valence-electron chi connectivity index (χ3n) is 2.42. The van der Waals surface area contributed by atoms with Crippen LogP contribution in [0.2, 0.25) is 0 Å². The predicted octanol–water partition coefficient (Wildman–Crippen LogP) is 2.99. The summed E-state index contributed by atoms with van der Waals surface area (Å²) in [5, 5.41) is 3.27. The standard InChI is InChI=1S/C12H13BrN4/c1-8(9-2-4-10(13)5-3-9)17-12-6-11(14)15-7-16-12/h2-8H,1H3,(H3,14,15,16,17). The van der Waals surface area contributed by atoms with Crippen LogP contribution in [0.4, 0.5) is 11.6 Å². The summed E-state index contributed by atoms with van der Waals surface area (Å²) >= 11 is 3.41. The lowest BCUT2D eigenvalue weighted by molar-refractivity contribution is 0.872. The molecule has 1 unspecified atom stereocenters. The fraction of sp³-hybridized carbons (Fsp3) is 0.167. The van der Waals surface area contributed by atoms with E-state index in [9.17, 15) is 0 Å². The van der Waals surface area contributed by atoms with Crippen molar-refractivity contribution in [2.75, 3.05) is 11.1 Å². The number of anilines is 2. The fourth-order valence-electron chi connectivity index (χ4n) is 1.51. The van der Waals surface area contributed by atoms with Gasteiger partial charge in [-0.2, -0.15) is 0 Å². The third kappa shape index (κ3) is 3.17. The highest BCUT2D eigenvalue weighted by Gasteiger charge is 2.05. The summed E-state index contributed by atoms with van der Waals surface area (Å²) in [6, 6.07) is 10.0. The van der Waals surface area contributed by atoms with Gasteiger partial charge in [-0.25, -0.2) is 9.97 Å². The zero-order valence-electron chi connectivity index (χ0n) is 9.39. The molecule has 5 heteroatoms. The molecule has 1 aromatic heterocycles. The zero-order chi connectivity index (χ0) is 12.3. The van der Waals surface area contributed by atoms with E-state index in [1.165, 1.54) is 11.9 Å². The molecule has 88 valence electrons. The second kappa shape index (κ2) is 5.14. The number of nitrogens with two attached hydrogens (primary N) is 1. The number of nitrogens with one attached hydrogen (secondary N) is 1. The predicted molar refractivity (Wildman–Crippen MR) is 72.6 cm³/mol. The summed E-state index contributed by atoms with van der Waals surface area (Å²) in [6.07, 6.45) is 1.45. The highest BCUT2D eigenvalue weighted by molar-refractivity contribution is 9.10. The molecule has 17 heavy (non-hydrogen) atoms. The zero-order valence-corrected chi connectivity index (χ0v) is 11.0. The van der Waals surface area contributed by atoms with Crippen molar-refractivity contribution in [1.82, 2.24) is 9.97 Å². The molecule has 0 bridgehead atoms. The van der Waals surface area contributed by atoms with Crippen LogP contribution < -0.4 is 11.1 Å². The van der Waals surface area contributed by atoms with Gasteiger partial charge in [0, 0.05) is 16.6 Å². The molecule has 0 saturated heterocycles. The van der Waals surface area contributed by atoms with E-state index in [-0.39, 0.29) is 6.04 Å². The summed E-state index contributed by atoms with van der Waals surface area (Å²) in [5.41, 5.74) is 6.78. The number of hydrogen-bond acceptors (Lipinski definition) is 4. The molecule has 0 amide bonds. The minimum absolute atomic E-state index is 0.164. The summed E-state index contributed by atoms with van der Waals surface area (Å²) in [6.45, 7) is 2.07. The van der Waals surface area contributed by atoms with Crippen LogP contribution in [0.3, 0.4) is 0 Å². The summed E-state index contributed by atoms with van der Waals surface area (Å²) in [5.74, 6) is 1.19. The van der Waals surface area contributed by atoms with Gasteiger partial charge in [0.25, 0.3) is 0 Å². The summed E-state index contributed by atoms with van der Waals surface area (Å²) in [4.78, 5) is 7.96. The number of aromatic nitrogens is 2. The van der Waals surface area contributed by atoms with Gasteiger partial charge >= 0.3 is 0 Å². The molecule has 0 aliphatic rings. The van der Waals surface area contributed by atoms with Gasteiger partial charge in [0.2, 0.25) is 0 Å². The molecule has 1 heterocycles. The Labute approximate surface area is 108 Å². The lowest BCUT2D eigenvalue weighted by Crippen LogP contribution is -2.08. The lowest BCUT2D eigenvalue weighted by atomic mass is 10.1. The van der Waals surface area contributed by atoms with Crippen molar-refractivity contribution in [3.63, 3.8) is 0 Å². The number of nitrogen functional groups attached to an aromatic ring is 1. The Balaban J connectivity index is 2.11. The smallest absolute Gasteiger partial charge is 0.131 e. The second-order valence-corrected chi connectivity index (χ2v) is 4.66. The Bertz CT molecular complexity index is 498. The summed E-state index contributed by atoms with van der Waals surface area (Å²) in [7, 11) is 0. The summed E-state index contributed by atoms with van der Waals surface area (Å²) < 4.78 is 1.07. The van der Waals surface area contributed by atoms with Gasteiger partial charge in [-0.15, -0.1) is 0 Å². The first kappa shape index (κ1) is 11.9. The number of nitrogens with zero attached hydrogens (tertiary/aromatic N) is 2. The van der Waals surface area contributed by atoms with E-state index >= 15 is 0 Å². The van der Waals surface area contributed by atoms with Crippen LogP contribution in [-0.4, -0.2) is 9.97 Å². The maximum absolute atomic E-state index is 5.60. The van der Waals surface area contributed by atoms with Crippen molar-refractivity contribution in [3.8, 4) is 0 Å². The first-order chi connectivity index (χ1) is 8.15. The number of benzene rings is 1. The Morgan fingerprint density at radius 2 is 1.94 bits per heavy atom. The molecule has 4 nitrogen and oxygen atoms in total. The molecule has 0 aliphatic carbocycles. The van der Waals surface area contributed by atoms with Crippen molar-refractivity contribution in [2.45, 2.75) is 13.0 Å². The van der Waals surface area contributed by atoms with E-state index in [2.05, 4.69) is 50.3 Å². The molecule has 0 spiro atoms. The van der Waals surface area contributed by atoms with Gasteiger partial charge in [0.15, 0.2) is 0 Å². The molecular weight excluding hydrogens is 280 g/mol. The van der Waals surface area contributed by atoms with Crippen LogP contribution in [0, 0.1) is 0 Å². The van der Waals surface area contributed by atoms with Gasteiger partial charge in [0.1, 0.15) is 18.0 Å². The first-order valence-corrected chi connectivity index (χ1v) is 6.04. The van der Waals surface area contributed by atoms with Crippen molar-refractivity contribution >= 4 is 27.6 Å². The van der Waals surface area contributed by atoms with Gasteiger partial charge in [-0.05, 0) is 24.6 Å². The highest BCUT2D eigenvalue weighted by atomic mass is 79.9. The average molecular weight is 293 g/mol. The fourth-order valence-corrected chi connectivity index (χ4v) is 1.77. The monoisotopic (exact) mass is 292 g/mol.